The van der Waals surface area contributed by atoms with Gasteiger partial charge in [0.15, 0.2) is 18.4 Å². The van der Waals surface area contributed by atoms with Gasteiger partial charge in [0.25, 0.3) is 0 Å². The highest BCUT2D eigenvalue weighted by Gasteiger charge is 2.09. The maximum absolute atomic E-state index is 13.6. The van der Waals surface area contributed by atoms with Crippen molar-refractivity contribution in [2.45, 2.75) is 26.3 Å². The second-order valence-corrected chi connectivity index (χ2v) is 3.92. The van der Waals surface area contributed by atoms with Crippen LogP contribution >= 0.6 is 0 Å². The van der Waals surface area contributed by atoms with E-state index in [0.717, 1.165) is 18.5 Å². The molecule has 3 nitrogen and oxygen atoms in total. The minimum absolute atomic E-state index is 0.0555. The summed E-state index contributed by atoms with van der Waals surface area (Å²) in [6.07, 6.45) is 1.06. The number of rotatable bonds is 7. The summed E-state index contributed by atoms with van der Waals surface area (Å²) < 4.78 is 23.5. The Morgan fingerprint density at radius 1 is 1.41 bits per heavy atom. The van der Waals surface area contributed by atoms with E-state index >= 15 is 0 Å². The SMILES string of the molecule is CCCNC(C)c1ccc(OCOC)c(F)c1. The minimum atomic E-state index is -0.357. The van der Waals surface area contributed by atoms with Gasteiger partial charge in [-0.1, -0.05) is 13.0 Å². The van der Waals surface area contributed by atoms with E-state index in [1.165, 1.54) is 13.2 Å². The van der Waals surface area contributed by atoms with Gasteiger partial charge in [0.1, 0.15) is 0 Å². The molecule has 0 aliphatic carbocycles. The van der Waals surface area contributed by atoms with Crippen molar-refractivity contribution in [1.29, 1.82) is 0 Å². The number of nitrogens with one attached hydrogen (secondary N) is 1. The van der Waals surface area contributed by atoms with Crippen LogP contribution in [-0.4, -0.2) is 20.4 Å². The van der Waals surface area contributed by atoms with Crippen molar-refractivity contribution < 1.29 is 13.9 Å². The predicted molar refractivity (Wildman–Crippen MR) is 65.6 cm³/mol. The van der Waals surface area contributed by atoms with Crippen LogP contribution in [0.2, 0.25) is 0 Å². The second-order valence-electron chi connectivity index (χ2n) is 3.92. The zero-order valence-corrected chi connectivity index (χ0v) is 10.6. The van der Waals surface area contributed by atoms with Crippen molar-refractivity contribution in [3.8, 4) is 5.75 Å². The highest BCUT2D eigenvalue weighted by Crippen LogP contribution is 2.22. The summed E-state index contributed by atoms with van der Waals surface area (Å²) in [5.41, 5.74) is 0.917. The van der Waals surface area contributed by atoms with E-state index in [1.54, 1.807) is 6.07 Å². The van der Waals surface area contributed by atoms with E-state index in [-0.39, 0.29) is 24.4 Å². The van der Waals surface area contributed by atoms with Crippen molar-refractivity contribution in [2.24, 2.45) is 0 Å². The smallest absolute Gasteiger partial charge is 0.188 e. The lowest BCUT2D eigenvalue weighted by Crippen LogP contribution is -2.19. The number of halogens is 1. The lowest BCUT2D eigenvalue weighted by Gasteiger charge is -2.14. The fourth-order valence-corrected chi connectivity index (χ4v) is 1.50. The monoisotopic (exact) mass is 241 g/mol. The highest BCUT2D eigenvalue weighted by atomic mass is 19.1. The molecule has 0 radical (unpaired) electrons. The average Bonchev–Trinajstić information content (AvgIpc) is 2.34. The fraction of sp³-hybridized carbons (Fsp3) is 0.538. The molecule has 96 valence electrons. The standard InChI is InChI=1S/C13H20FNO2/c1-4-7-15-10(2)11-5-6-13(12(14)8-11)17-9-16-3/h5-6,8,10,15H,4,7,9H2,1-3H3. The van der Waals surface area contributed by atoms with E-state index in [4.69, 9.17) is 9.47 Å². The van der Waals surface area contributed by atoms with Gasteiger partial charge >= 0.3 is 0 Å². The first-order valence-electron chi connectivity index (χ1n) is 5.83. The van der Waals surface area contributed by atoms with Crippen LogP contribution in [-0.2, 0) is 4.74 Å². The third-order valence-electron chi connectivity index (χ3n) is 2.49. The Morgan fingerprint density at radius 3 is 2.76 bits per heavy atom. The number of ether oxygens (including phenoxy) is 2. The Bertz CT molecular complexity index is 344. The molecule has 0 aliphatic rings. The van der Waals surface area contributed by atoms with Gasteiger partial charge in [-0.05, 0) is 37.6 Å². The third-order valence-corrected chi connectivity index (χ3v) is 2.49. The molecule has 0 bridgehead atoms. The fourth-order valence-electron chi connectivity index (χ4n) is 1.50. The molecule has 0 aromatic heterocycles. The van der Waals surface area contributed by atoms with Crippen LogP contribution in [0, 0.1) is 5.82 Å². The van der Waals surface area contributed by atoms with Gasteiger partial charge in [-0.15, -0.1) is 0 Å². The highest BCUT2D eigenvalue weighted by molar-refractivity contribution is 5.30. The van der Waals surface area contributed by atoms with Crippen molar-refractivity contribution in [1.82, 2.24) is 5.32 Å². The normalized spacial score (nSPS) is 12.5. The van der Waals surface area contributed by atoms with E-state index < -0.39 is 0 Å². The topological polar surface area (TPSA) is 30.5 Å². The summed E-state index contributed by atoms with van der Waals surface area (Å²) in [7, 11) is 1.50. The predicted octanol–water partition coefficient (Wildman–Crippen LogP) is 2.87. The summed E-state index contributed by atoms with van der Waals surface area (Å²) in [4.78, 5) is 0. The number of hydrogen-bond acceptors (Lipinski definition) is 3. The molecule has 1 N–H and O–H groups in total. The van der Waals surface area contributed by atoms with E-state index in [2.05, 4.69) is 12.2 Å². The van der Waals surface area contributed by atoms with E-state index in [1.807, 2.05) is 13.0 Å². The summed E-state index contributed by atoms with van der Waals surface area (Å²) in [6.45, 7) is 5.09. The first kappa shape index (κ1) is 13.9. The molecular weight excluding hydrogens is 221 g/mol. The molecule has 1 unspecified atom stereocenters. The molecule has 0 saturated heterocycles. The molecule has 1 aromatic rings. The van der Waals surface area contributed by atoms with Gasteiger partial charge in [-0.2, -0.15) is 0 Å². The molecule has 1 rings (SSSR count). The molecule has 0 amide bonds. The second kappa shape index (κ2) is 7.25. The van der Waals surface area contributed by atoms with Crippen molar-refractivity contribution in [2.75, 3.05) is 20.4 Å². The average molecular weight is 241 g/mol. The number of benzene rings is 1. The Hall–Kier alpha value is -1.13. The molecule has 1 aromatic carbocycles. The first-order valence-corrected chi connectivity index (χ1v) is 5.83. The molecule has 17 heavy (non-hydrogen) atoms. The van der Waals surface area contributed by atoms with Gasteiger partial charge in [-0.25, -0.2) is 4.39 Å². The van der Waals surface area contributed by atoms with Crippen LogP contribution in [0.5, 0.6) is 5.75 Å². The van der Waals surface area contributed by atoms with Crippen LogP contribution in [0.3, 0.4) is 0 Å². The zero-order chi connectivity index (χ0) is 12.7. The Labute approximate surface area is 102 Å². The van der Waals surface area contributed by atoms with E-state index in [0.29, 0.717) is 0 Å². The molecule has 0 fully saturated rings. The van der Waals surface area contributed by atoms with Crippen molar-refractivity contribution >= 4 is 0 Å². The van der Waals surface area contributed by atoms with Gasteiger partial charge in [0.2, 0.25) is 0 Å². The van der Waals surface area contributed by atoms with E-state index in [9.17, 15) is 4.39 Å². The largest absolute Gasteiger partial charge is 0.464 e. The molecule has 4 heteroatoms. The van der Waals surface area contributed by atoms with Crippen LogP contribution in [0.4, 0.5) is 4.39 Å². The van der Waals surface area contributed by atoms with Crippen molar-refractivity contribution in [3.63, 3.8) is 0 Å². The molecule has 0 saturated carbocycles. The first-order chi connectivity index (χ1) is 8.19. The quantitative estimate of drug-likeness (QED) is 0.745. The summed E-state index contributed by atoms with van der Waals surface area (Å²) in [5.74, 6) is -0.136. The van der Waals surface area contributed by atoms with Gasteiger partial charge in [0.05, 0.1) is 0 Å². The van der Waals surface area contributed by atoms with Crippen molar-refractivity contribution in [3.05, 3.63) is 29.6 Å². The van der Waals surface area contributed by atoms with Gasteiger partial charge in [-0.3, -0.25) is 0 Å². The molecule has 0 spiro atoms. The Balaban J connectivity index is 2.67. The summed E-state index contributed by atoms with van der Waals surface area (Å²) in [6, 6.07) is 5.13. The molecule has 1 atom stereocenters. The lowest BCUT2D eigenvalue weighted by atomic mass is 10.1. The molecule has 0 aliphatic heterocycles. The third kappa shape index (κ3) is 4.32. The maximum atomic E-state index is 13.6. The zero-order valence-electron chi connectivity index (χ0n) is 10.6. The minimum Gasteiger partial charge on any atom is -0.464 e. The van der Waals surface area contributed by atoms with Crippen LogP contribution < -0.4 is 10.1 Å². The van der Waals surface area contributed by atoms with Crippen LogP contribution in [0.1, 0.15) is 31.9 Å². The summed E-state index contributed by atoms with van der Waals surface area (Å²) >= 11 is 0. The van der Waals surface area contributed by atoms with Crippen LogP contribution in [0.25, 0.3) is 0 Å². The Morgan fingerprint density at radius 2 is 2.18 bits per heavy atom. The number of methoxy groups -OCH3 is 1. The van der Waals surface area contributed by atoms with Gasteiger partial charge < -0.3 is 14.8 Å². The maximum Gasteiger partial charge on any atom is 0.188 e. The number of hydrogen-bond donors (Lipinski definition) is 1. The van der Waals surface area contributed by atoms with Crippen LogP contribution in [0.15, 0.2) is 18.2 Å². The molecule has 0 heterocycles. The lowest BCUT2D eigenvalue weighted by molar-refractivity contribution is 0.0482. The summed E-state index contributed by atoms with van der Waals surface area (Å²) in [5, 5.41) is 3.31. The molecular formula is C13H20FNO2. The Kier molecular flexibility index (Phi) is 5.94. The van der Waals surface area contributed by atoms with Gasteiger partial charge in [0, 0.05) is 13.2 Å².